The third kappa shape index (κ3) is 2.26. The highest BCUT2D eigenvalue weighted by Gasteiger charge is 2.28. The van der Waals surface area contributed by atoms with Crippen molar-refractivity contribution in [3.8, 4) is 0 Å². The summed E-state index contributed by atoms with van der Waals surface area (Å²) in [6, 6.07) is 3.40. The molecule has 1 aromatic rings. The molecule has 0 radical (unpaired) electrons. The average Bonchev–Trinajstić information content (AvgIpc) is 2.81. The molecule has 0 saturated carbocycles. The maximum Gasteiger partial charge on any atom is 0.245 e. The minimum Gasteiger partial charge on any atom is -0.377 e. The van der Waals surface area contributed by atoms with Crippen molar-refractivity contribution in [2.24, 2.45) is 5.73 Å². The normalized spacial score (nSPS) is 23.1. The van der Waals surface area contributed by atoms with Crippen molar-refractivity contribution < 1.29 is 9.53 Å². The zero-order valence-corrected chi connectivity index (χ0v) is 10.1. The van der Waals surface area contributed by atoms with E-state index in [1.54, 1.807) is 0 Å². The van der Waals surface area contributed by atoms with Crippen molar-refractivity contribution in [1.82, 2.24) is 4.90 Å². The van der Waals surface area contributed by atoms with Gasteiger partial charge in [0.15, 0.2) is 0 Å². The Bertz CT molecular complexity index is 353. The summed E-state index contributed by atoms with van der Waals surface area (Å²) in [6.45, 7) is 3.83. The molecule has 5 heteroatoms. The summed E-state index contributed by atoms with van der Waals surface area (Å²) in [5.41, 5.74) is 5.95. The van der Waals surface area contributed by atoms with Crippen LogP contribution in [0.4, 0.5) is 0 Å². The number of rotatable bonds is 2. The second kappa shape index (κ2) is 4.95. The highest BCUT2D eigenvalue weighted by Crippen LogP contribution is 2.20. The third-order valence-corrected chi connectivity index (χ3v) is 3.72. The van der Waals surface area contributed by atoms with E-state index in [2.05, 4.69) is 0 Å². The molecule has 2 atom stereocenters. The molecule has 4 nitrogen and oxygen atoms in total. The summed E-state index contributed by atoms with van der Waals surface area (Å²) >= 11 is 1.52. The third-order valence-electron chi connectivity index (χ3n) is 2.77. The van der Waals surface area contributed by atoms with Crippen molar-refractivity contribution in [3.63, 3.8) is 0 Å². The SMILES string of the molecule is CC1COCCN1C(=O)C(N)c1cccs1. The lowest BCUT2D eigenvalue weighted by Crippen LogP contribution is -2.50. The van der Waals surface area contributed by atoms with Crippen LogP contribution in [0.2, 0.25) is 0 Å². The lowest BCUT2D eigenvalue weighted by molar-refractivity contribution is -0.140. The van der Waals surface area contributed by atoms with Crippen LogP contribution in [-0.2, 0) is 9.53 Å². The molecular formula is C11H16N2O2S. The second-order valence-corrected chi connectivity index (χ2v) is 4.93. The molecule has 2 unspecified atom stereocenters. The van der Waals surface area contributed by atoms with Crippen molar-refractivity contribution in [3.05, 3.63) is 22.4 Å². The number of amides is 1. The molecule has 1 aromatic heterocycles. The van der Waals surface area contributed by atoms with Crippen LogP contribution in [0.15, 0.2) is 17.5 Å². The summed E-state index contributed by atoms with van der Waals surface area (Å²) in [7, 11) is 0. The Morgan fingerprint density at radius 1 is 1.75 bits per heavy atom. The molecule has 2 N–H and O–H groups in total. The van der Waals surface area contributed by atoms with E-state index in [-0.39, 0.29) is 11.9 Å². The van der Waals surface area contributed by atoms with Gasteiger partial charge in [0, 0.05) is 11.4 Å². The zero-order valence-electron chi connectivity index (χ0n) is 9.26. The Kier molecular flexibility index (Phi) is 3.58. The summed E-state index contributed by atoms with van der Waals surface area (Å²) in [6.07, 6.45) is 0. The molecule has 1 amide bonds. The number of nitrogens with zero attached hydrogens (tertiary/aromatic N) is 1. The fraction of sp³-hybridized carbons (Fsp3) is 0.545. The van der Waals surface area contributed by atoms with E-state index in [9.17, 15) is 4.79 Å². The first-order valence-electron chi connectivity index (χ1n) is 5.37. The molecule has 0 aliphatic carbocycles. The van der Waals surface area contributed by atoms with Crippen molar-refractivity contribution >= 4 is 17.2 Å². The van der Waals surface area contributed by atoms with Crippen LogP contribution >= 0.6 is 11.3 Å². The number of carbonyl (C=O) groups excluding carboxylic acids is 1. The van der Waals surface area contributed by atoms with Crippen LogP contribution in [0.5, 0.6) is 0 Å². The standard InChI is InChI=1S/C11H16N2O2S/c1-8-7-15-5-4-13(8)11(14)10(12)9-3-2-6-16-9/h2-3,6,8,10H,4-5,7,12H2,1H3. The number of hydrogen-bond donors (Lipinski definition) is 1. The Labute approximate surface area is 99.0 Å². The molecule has 1 saturated heterocycles. The van der Waals surface area contributed by atoms with Gasteiger partial charge in [-0.05, 0) is 18.4 Å². The van der Waals surface area contributed by atoms with Gasteiger partial charge in [-0.25, -0.2) is 0 Å². The van der Waals surface area contributed by atoms with Gasteiger partial charge in [-0.3, -0.25) is 4.79 Å². The Hall–Kier alpha value is -0.910. The van der Waals surface area contributed by atoms with E-state index in [1.165, 1.54) is 11.3 Å². The largest absolute Gasteiger partial charge is 0.377 e. The lowest BCUT2D eigenvalue weighted by Gasteiger charge is -2.34. The number of hydrogen-bond acceptors (Lipinski definition) is 4. The minimum absolute atomic E-state index is 0.00162. The van der Waals surface area contributed by atoms with E-state index < -0.39 is 6.04 Å². The van der Waals surface area contributed by atoms with E-state index in [0.29, 0.717) is 19.8 Å². The smallest absolute Gasteiger partial charge is 0.245 e. The monoisotopic (exact) mass is 240 g/mol. The summed E-state index contributed by atoms with van der Waals surface area (Å²) in [5.74, 6) is -0.00162. The van der Waals surface area contributed by atoms with E-state index >= 15 is 0 Å². The topological polar surface area (TPSA) is 55.6 Å². The number of ether oxygens (including phenoxy) is 1. The van der Waals surface area contributed by atoms with E-state index in [0.717, 1.165) is 4.88 Å². The van der Waals surface area contributed by atoms with E-state index in [4.69, 9.17) is 10.5 Å². The average molecular weight is 240 g/mol. The first-order chi connectivity index (χ1) is 7.70. The summed E-state index contributed by atoms with van der Waals surface area (Å²) in [5, 5.41) is 1.94. The molecule has 2 rings (SSSR count). The first-order valence-corrected chi connectivity index (χ1v) is 6.25. The lowest BCUT2D eigenvalue weighted by atomic mass is 10.1. The highest BCUT2D eigenvalue weighted by atomic mass is 32.1. The van der Waals surface area contributed by atoms with Crippen LogP contribution in [-0.4, -0.2) is 36.6 Å². The van der Waals surface area contributed by atoms with Crippen molar-refractivity contribution in [2.45, 2.75) is 19.0 Å². The molecule has 0 spiro atoms. The predicted molar refractivity (Wildman–Crippen MR) is 63.2 cm³/mol. The van der Waals surface area contributed by atoms with Crippen LogP contribution in [0.3, 0.4) is 0 Å². The molecule has 0 bridgehead atoms. The van der Waals surface area contributed by atoms with Crippen molar-refractivity contribution in [1.29, 1.82) is 0 Å². The fourth-order valence-electron chi connectivity index (χ4n) is 1.82. The van der Waals surface area contributed by atoms with Crippen LogP contribution < -0.4 is 5.73 Å². The Balaban J connectivity index is 2.06. The number of carbonyl (C=O) groups is 1. The molecule has 88 valence electrons. The second-order valence-electron chi connectivity index (χ2n) is 3.95. The molecule has 16 heavy (non-hydrogen) atoms. The van der Waals surface area contributed by atoms with Gasteiger partial charge >= 0.3 is 0 Å². The van der Waals surface area contributed by atoms with Crippen LogP contribution in [0.25, 0.3) is 0 Å². The number of thiophene rings is 1. The molecule has 1 fully saturated rings. The molecule has 1 aliphatic rings. The van der Waals surface area contributed by atoms with Crippen LogP contribution in [0.1, 0.15) is 17.8 Å². The van der Waals surface area contributed by atoms with Gasteiger partial charge in [0.1, 0.15) is 6.04 Å². The van der Waals surface area contributed by atoms with Gasteiger partial charge in [-0.1, -0.05) is 6.07 Å². The summed E-state index contributed by atoms with van der Waals surface area (Å²) in [4.78, 5) is 14.9. The van der Waals surface area contributed by atoms with Gasteiger partial charge in [-0.2, -0.15) is 0 Å². The molecule has 2 heterocycles. The fourth-order valence-corrected chi connectivity index (χ4v) is 2.54. The Morgan fingerprint density at radius 2 is 2.56 bits per heavy atom. The minimum atomic E-state index is -0.527. The quantitative estimate of drug-likeness (QED) is 0.839. The summed E-state index contributed by atoms with van der Waals surface area (Å²) < 4.78 is 5.30. The molecular weight excluding hydrogens is 224 g/mol. The molecule has 1 aliphatic heterocycles. The number of nitrogens with two attached hydrogens (primary N) is 1. The van der Waals surface area contributed by atoms with Crippen LogP contribution in [0, 0.1) is 0 Å². The van der Waals surface area contributed by atoms with Gasteiger partial charge < -0.3 is 15.4 Å². The predicted octanol–water partition coefficient (Wildman–Crippen LogP) is 0.995. The van der Waals surface area contributed by atoms with Gasteiger partial charge in [-0.15, -0.1) is 11.3 Å². The first kappa shape index (κ1) is 11.6. The van der Waals surface area contributed by atoms with Gasteiger partial charge in [0.2, 0.25) is 5.91 Å². The highest BCUT2D eigenvalue weighted by molar-refractivity contribution is 7.10. The van der Waals surface area contributed by atoms with Gasteiger partial charge in [0.25, 0.3) is 0 Å². The Morgan fingerprint density at radius 3 is 3.19 bits per heavy atom. The number of morpholine rings is 1. The zero-order chi connectivity index (χ0) is 11.5. The maximum absolute atomic E-state index is 12.2. The van der Waals surface area contributed by atoms with Crippen molar-refractivity contribution in [2.75, 3.05) is 19.8 Å². The van der Waals surface area contributed by atoms with E-state index in [1.807, 2.05) is 29.3 Å². The maximum atomic E-state index is 12.2. The molecule has 0 aromatic carbocycles. The van der Waals surface area contributed by atoms with Gasteiger partial charge in [0.05, 0.1) is 19.3 Å².